The van der Waals surface area contributed by atoms with Crippen molar-refractivity contribution in [2.24, 2.45) is 0 Å². The Balaban J connectivity index is 2.45. The number of nitrogens with zero attached hydrogens (tertiary/aromatic N) is 1. The van der Waals surface area contributed by atoms with Crippen molar-refractivity contribution in [2.75, 3.05) is 0 Å². The van der Waals surface area contributed by atoms with Crippen LogP contribution in [-0.2, 0) is 0 Å². The minimum atomic E-state index is 0.169. The van der Waals surface area contributed by atoms with Gasteiger partial charge in [-0.3, -0.25) is 4.79 Å². The number of rotatable bonds is 1. The minimum absolute atomic E-state index is 0.169. The van der Waals surface area contributed by atoms with Crippen molar-refractivity contribution in [3.05, 3.63) is 46.2 Å². The molecular weight excluding hydrogens is 186 g/mol. The monoisotopic (exact) mass is 199 g/mol. The molecule has 0 N–H and O–H groups in total. The number of para-hydroxylation sites is 1. The second kappa shape index (κ2) is 2.96. The summed E-state index contributed by atoms with van der Waals surface area (Å²) < 4.78 is 2.26. The molecule has 0 radical (unpaired) electrons. The van der Waals surface area contributed by atoms with Gasteiger partial charge in [0.05, 0.1) is 5.52 Å². The molecule has 15 heavy (non-hydrogen) atoms. The second-order valence-corrected chi connectivity index (χ2v) is 4.30. The van der Waals surface area contributed by atoms with E-state index in [1.54, 1.807) is 0 Å². The van der Waals surface area contributed by atoms with Gasteiger partial charge < -0.3 is 4.57 Å². The van der Waals surface area contributed by atoms with Gasteiger partial charge in [-0.05, 0) is 31.9 Å². The molecule has 76 valence electrons. The normalized spacial score (nSPS) is 15.8. The largest absolute Gasteiger partial charge is 0.344 e. The second-order valence-electron chi connectivity index (χ2n) is 4.30. The number of fused-ring (bicyclic) bond motifs is 1. The summed E-state index contributed by atoms with van der Waals surface area (Å²) in [5.74, 6) is 0. The van der Waals surface area contributed by atoms with Crippen molar-refractivity contribution in [1.82, 2.24) is 4.57 Å². The summed E-state index contributed by atoms with van der Waals surface area (Å²) >= 11 is 0. The molecule has 2 heteroatoms. The fourth-order valence-electron chi connectivity index (χ4n) is 2.09. The zero-order valence-corrected chi connectivity index (χ0v) is 8.73. The van der Waals surface area contributed by atoms with Crippen LogP contribution in [-0.4, -0.2) is 4.57 Å². The lowest BCUT2D eigenvalue weighted by molar-refractivity contribution is 0.762. The summed E-state index contributed by atoms with van der Waals surface area (Å²) in [7, 11) is 0. The van der Waals surface area contributed by atoms with Crippen LogP contribution in [0.3, 0.4) is 0 Å². The van der Waals surface area contributed by atoms with Gasteiger partial charge >= 0.3 is 0 Å². The molecule has 1 aromatic heterocycles. The van der Waals surface area contributed by atoms with Crippen LogP contribution in [0.1, 0.15) is 24.4 Å². The maximum atomic E-state index is 11.9. The van der Waals surface area contributed by atoms with E-state index in [9.17, 15) is 4.79 Å². The Kier molecular flexibility index (Phi) is 1.72. The van der Waals surface area contributed by atoms with Crippen LogP contribution < -0.4 is 5.43 Å². The molecule has 1 fully saturated rings. The number of aryl methyl sites for hydroxylation is 1. The third kappa shape index (κ3) is 1.29. The quantitative estimate of drug-likeness (QED) is 0.692. The molecule has 0 spiro atoms. The number of aromatic nitrogens is 1. The number of hydrogen-bond donors (Lipinski definition) is 0. The molecule has 0 bridgehead atoms. The Hall–Kier alpha value is -1.57. The van der Waals surface area contributed by atoms with Gasteiger partial charge in [0, 0.05) is 23.2 Å². The van der Waals surface area contributed by atoms with Crippen molar-refractivity contribution in [3.63, 3.8) is 0 Å². The van der Waals surface area contributed by atoms with Crippen molar-refractivity contribution in [1.29, 1.82) is 0 Å². The maximum Gasteiger partial charge on any atom is 0.192 e. The van der Waals surface area contributed by atoms with Gasteiger partial charge in [0.15, 0.2) is 5.43 Å². The lowest BCUT2D eigenvalue weighted by Crippen LogP contribution is -2.11. The van der Waals surface area contributed by atoms with Crippen LogP contribution in [0.4, 0.5) is 0 Å². The molecule has 1 heterocycles. The van der Waals surface area contributed by atoms with Crippen LogP contribution in [0, 0.1) is 6.92 Å². The summed E-state index contributed by atoms with van der Waals surface area (Å²) in [5, 5.41) is 0.851. The first-order chi connectivity index (χ1) is 7.27. The van der Waals surface area contributed by atoms with E-state index in [1.165, 1.54) is 12.8 Å². The van der Waals surface area contributed by atoms with Crippen molar-refractivity contribution >= 4 is 10.9 Å². The standard InChI is InChI=1S/C13H13NO/c1-9-8-14(10-6-7-10)12-5-3-2-4-11(12)13(9)15/h2-5,8,10H,6-7H2,1H3. The van der Waals surface area contributed by atoms with Crippen molar-refractivity contribution in [2.45, 2.75) is 25.8 Å². The van der Waals surface area contributed by atoms with E-state index in [0.29, 0.717) is 6.04 Å². The van der Waals surface area contributed by atoms with Crippen LogP contribution in [0.15, 0.2) is 35.3 Å². The van der Waals surface area contributed by atoms with E-state index in [2.05, 4.69) is 4.57 Å². The Bertz CT molecular complexity index is 579. The molecule has 3 rings (SSSR count). The van der Waals surface area contributed by atoms with Crippen molar-refractivity contribution < 1.29 is 0 Å². The molecule has 1 saturated carbocycles. The molecule has 2 aromatic rings. The molecule has 2 nitrogen and oxygen atoms in total. The number of benzene rings is 1. The van der Waals surface area contributed by atoms with E-state index in [4.69, 9.17) is 0 Å². The van der Waals surface area contributed by atoms with Gasteiger partial charge in [-0.25, -0.2) is 0 Å². The molecule has 0 amide bonds. The zero-order valence-electron chi connectivity index (χ0n) is 8.73. The van der Waals surface area contributed by atoms with E-state index in [-0.39, 0.29) is 5.43 Å². The fourth-order valence-corrected chi connectivity index (χ4v) is 2.09. The summed E-state index contributed by atoms with van der Waals surface area (Å²) in [4.78, 5) is 11.9. The van der Waals surface area contributed by atoms with Gasteiger partial charge in [-0.1, -0.05) is 12.1 Å². The number of pyridine rings is 1. The Labute approximate surface area is 88.2 Å². The Morgan fingerprint density at radius 2 is 2.00 bits per heavy atom. The summed E-state index contributed by atoms with van der Waals surface area (Å²) in [6.07, 6.45) is 4.49. The number of hydrogen-bond acceptors (Lipinski definition) is 1. The average Bonchev–Trinajstić information content (AvgIpc) is 3.07. The SMILES string of the molecule is Cc1cn(C2CC2)c2ccccc2c1=O. The fraction of sp³-hybridized carbons (Fsp3) is 0.308. The van der Waals surface area contributed by atoms with Crippen LogP contribution >= 0.6 is 0 Å². The Morgan fingerprint density at radius 3 is 2.73 bits per heavy atom. The smallest absolute Gasteiger partial charge is 0.192 e. The molecule has 0 unspecified atom stereocenters. The molecular formula is C13H13NO. The van der Waals surface area contributed by atoms with E-state index >= 15 is 0 Å². The highest BCUT2D eigenvalue weighted by molar-refractivity contribution is 5.79. The van der Waals surface area contributed by atoms with Crippen LogP contribution in [0.2, 0.25) is 0 Å². The van der Waals surface area contributed by atoms with Crippen LogP contribution in [0.25, 0.3) is 10.9 Å². The molecule has 0 saturated heterocycles. The van der Waals surface area contributed by atoms with E-state index < -0.39 is 0 Å². The van der Waals surface area contributed by atoms with Gasteiger partial charge in [0.2, 0.25) is 0 Å². The van der Waals surface area contributed by atoms with Crippen LogP contribution in [0.5, 0.6) is 0 Å². The predicted molar refractivity (Wildman–Crippen MR) is 61.2 cm³/mol. The van der Waals surface area contributed by atoms with Gasteiger partial charge in [-0.2, -0.15) is 0 Å². The average molecular weight is 199 g/mol. The molecule has 1 aliphatic rings. The highest BCUT2D eigenvalue weighted by Crippen LogP contribution is 2.36. The lowest BCUT2D eigenvalue weighted by Gasteiger charge is -2.10. The van der Waals surface area contributed by atoms with Gasteiger partial charge in [0.25, 0.3) is 0 Å². The third-order valence-corrected chi connectivity index (χ3v) is 3.06. The zero-order chi connectivity index (χ0) is 10.4. The van der Waals surface area contributed by atoms with Gasteiger partial charge in [-0.15, -0.1) is 0 Å². The van der Waals surface area contributed by atoms with Gasteiger partial charge in [0.1, 0.15) is 0 Å². The third-order valence-electron chi connectivity index (χ3n) is 3.06. The summed E-state index contributed by atoms with van der Waals surface area (Å²) in [6.45, 7) is 1.90. The molecule has 0 aliphatic heterocycles. The minimum Gasteiger partial charge on any atom is -0.344 e. The topological polar surface area (TPSA) is 22.0 Å². The lowest BCUT2D eigenvalue weighted by atomic mass is 10.1. The summed E-state index contributed by atoms with van der Waals surface area (Å²) in [5.41, 5.74) is 2.10. The Morgan fingerprint density at radius 1 is 1.27 bits per heavy atom. The molecule has 0 atom stereocenters. The maximum absolute atomic E-state index is 11.9. The first-order valence-corrected chi connectivity index (χ1v) is 5.38. The van der Waals surface area contributed by atoms with E-state index in [0.717, 1.165) is 16.5 Å². The van der Waals surface area contributed by atoms with Crippen molar-refractivity contribution in [3.8, 4) is 0 Å². The van der Waals surface area contributed by atoms with E-state index in [1.807, 2.05) is 37.4 Å². The molecule has 1 aliphatic carbocycles. The first-order valence-electron chi connectivity index (χ1n) is 5.38. The highest BCUT2D eigenvalue weighted by Gasteiger charge is 2.24. The summed E-state index contributed by atoms with van der Waals surface area (Å²) in [6, 6.07) is 8.50. The predicted octanol–water partition coefficient (Wildman–Crippen LogP) is 2.64. The first kappa shape index (κ1) is 8.72. The highest BCUT2D eigenvalue weighted by atomic mass is 16.1. The molecule has 1 aromatic carbocycles.